The van der Waals surface area contributed by atoms with E-state index < -0.39 is 11.8 Å². The molecule has 2 amide bonds. The summed E-state index contributed by atoms with van der Waals surface area (Å²) >= 11 is 1.44. The molecule has 0 unspecified atom stereocenters. The highest BCUT2D eigenvalue weighted by molar-refractivity contribution is 7.13. The number of para-hydroxylation sites is 1. The molecule has 0 atom stereocenters. The lowest BCUT2D eigenvalue weighted by molar-refractivity contribution is 0.100. The van der Waals surface area contributed by atoms with Crippen molar-refractivity contribution in [3.8, 4) is 10.6 Å². The Morgan fingerprint density at radius 1 is 1.18 bits per heavy atom. The zero-order valence-electron chi connectivity index (χ0n) is 11.3. The summed E-state index contributed by atoms with van der Waals surface area (Å²) in [6, 6.07) is 10.2. The monoisotopic (exact) mass is 313 g/mol. The van der Waals surface area contributed by atoms with E-state index in [1.54, 1.807) is 24.3 Å². The molecule has 3 aromatic rings. The number of nitrogens with zero attached hydrogens (tertiary/aromatic N) is 1. The summed E-state index contributed by atoms with van der Waals surface area (Å²) in [4.78, 5) is 28.5. The highest BCUT2D eigenvalue weighted by atomic mass is 32.1. The predicted octanol–water partition coefficient (Wildman–Crippen LogP) is 2.75. The normalized spacial score (nSPS) is 10.4. The van der Waals surface area contributed by atoms with Crippen LogP contribution in [0, 0.1) is 0 Å². The number of anilines is 1. The van der Waals surface area contributed by atoms with E-state index in [0.717, 1.165) is 4.88 Å². The largest absolute Gasteiger partial charge is 0.442 e. The fourth-order valence-electron chi connectivity index (χ4n) is 1.98. The van der Waals surface area contributed by atoms with Crippen LogP contribution in [0.25, 0.3) is 10.6 Å². The van der Waals surface area contributed by atoms with Crippen LogP contribution in [0.4, 0.5) is 5.69 Å². The van der Waals surface area contributed by atoms with E-state index in [1.807, 2.05) is 17.5 Å². The van der Waals surface area contributed by atoms with E-state index in [0.29, 0.717) is 11.4 Å². The maximum absolute atomic E-state index is 12.4. The number of aromatic nitrogens is 1. The van der Waals surface area contributed by atoms with Gasteiger partial charge in [-0.15, -0.1) is 11.3 Å². The van der Waals surface area contributed by atoms with Crippen LogP contribution < -0.4 is 11.1 Å². The number of nitrogens with one attached hydrogen (secondary N) is 1. The van der Waals surface area contributed by atoms with Gasteiger partial charge in [-0.1, -0.05) is 18.2 Å². The van der Waals surface area contributed by atoms with E-state index in [9.17, 15) is 9.59 Å². The summed E-state index contributed by atoms with van der Waals surface area (Å²) in [5.74, 6) is -0.690. The van der Waals surface area contributed by atoms with Crippen molar-refractivity contribution in [1.29, 1.82) is 0 Å². The first kappa shape index (κ1) is 14.0. The summed E-state index contributed by atoms with van der Waals surface area (Å²) in [7, 11) is 0. The second-order valence-electron chi connectivity index (χ2n) is 4.37. The van der Waals surface area contributed by atoms with E-state index in [-0.39, 0.29) is 11.3 Å². The molecule has 2 heterocycles. The predicted molar refractivity (Wildman–Crippen MR) is 82.7 cm³/mol. The van der Waals surface area contributed by atoms with Crippen molar-refractivity contribution in [3.63, 3.8) is 0 Å². The molecule has 0 radical (unpaired) electrons. The van der Waals surface area contributed by atoms with Gasteiger partial charge in [0.15, 0.2) is 17.8 Å². The first-order chi connectivity index (χ1) is 10.7. The van der Waals surface area contributed by atoms with Gasteiger partial charge in [-0.05, 0) is 23.6 Å². The van der Waals surface area contributed by atoms with Gasteiger partial charge in [-0.2, -0.15) is 0 Å². The molecule has 0 aliphatic heterocycles. The molecule has 0 aliphatic carbocycles. The van der Waals surface area contributed by atoms with Crippen molar-refractivity contribution in [3.05, 3.63) is 59.4 Å². The molecule has 0 spiro atoms. The first-order valence-corrected chi connectivity index (χ1v) is 7.22. The number of carbonyl (C=O) groups is 2. The molecular formula is C15H11N3O3S. The highest BCUT2D eigenvalue weighted by Crippen LogP contribution is 2.28. The Hall–Kier alpha value is -2.93. The number of thiophene rings is 1. The molecular weight excluding hydrogens is 302 g/mol. The molecule has 3 rings (SSSR count). The lowest BCUT2D eigenvalue weighted by atomic mass is 10.1. The quantitative estimate of drug-likeness (QED) is 0.773. The van der Waals surface area contributed by atoms with Crippen LogP contribution >= 0.6 is 11.3 Å². The van der Waals surface area contributed by atoms with Crippen molar-refractivity contribution >= 4 is 28.8 Å². The van der Waals surface area contributed by atoms with Gasteiger partial charge in [-0.3, -0.25) is 9.59 Å². The standard InChI is InChI=1S/C15H11N3O3S/c16-14(19)9-4-1-2-5-10(9)18-15(20)12-13(21-8-17-12)11-6-3-7-22-11/h1-8H,(H2,16,19)(H,18,20). The Bertz CT molecular complexity index is 824. The minimum absolute atomic E-state index is 0.154. The lowest BCUT2D eigenvalue weighted by Gasteiger charge is -2.07. The number of hydrogen-bond donors (Lipinski definition) is 2. The topological polar surface area (TPSA) is 98.2 Å². The molecule has 0 aliphatic rings. The maximum Gasteiger partial charge on any atom is 0.278 e. The van der Waals surface area contributed by atoms with Gasteiger partial charge in [-0.25, -0.2) is 4.98 Å². The fourth-order valence-corrected chi connectivity index (χ4v) is 2.69. The Kier molecular flexibility index (Phi) is 3.71. The molecule has 0 saturated heterocycles. The van der Waals surface area contributed by atoms with Gasteiger partial charge in [0.25, 0.3) is 11.8 Å². The summed E-state index contributed by atoms with van der Waals surface area (Å²) in [5.41, 5.74) is 6.01. The van der Waals surface area contributed by atoms with Crippen molar-refractivity contribution in [1.82, 2.24) is 4.98 Å². The third kappa shape index (κ3) is 2.61. The Morgan fingerprint density at radius 3 is 2.73 bits per heavy atom. The molecule has 1 aromatic carbocycles. The summed E-state index contributed by atoms with van der Waals surface area (Å²) in [5, 5.41) is 4.52. The highest BCUT2D eigenvalue weighted by Gasteiger charge is 2.20. The molecule has 22 heavy (non-hydrogen) atoms. The molecule has 0 saturated carbocycles. The number of oxazole rings is 1. The number of carbonyl (C=O) groups excluding carboxylic acids is 2. The van der Waals surface area contributed by atoms with E-state index in [2.05, 4.69) is 10.3 Å². The van der Waals surface area contributed by atoms with Gasteiger partial charge in [0.2, 0.25) is 0 Å². The molecule has 0 bridgehead atoms. The van der Waals surface area contributed by atoms with E-state index in [1.165, 1.54) is 17.7 Å². The SMILES string of the molecule is NC(=O)c1ccccc1NC(=O)c1ncoc1-c1cccs1. The Balaban J connectivity index is 1.91. The van der Waals surface area contributed by atoms with Gasteiger partial charge in [0.1, 0.15) is 0 Å². The average molecular weight is 313 g/mol. The molecule has 0 fully saturated rings. The molecule has 6 nitrogen and oxygen atoms in total. The van der Waals surface area contributed by atoms with Crippen LogP contribution in [0.1, 0.15) is 20.8 Å². The summed E-state index contributed by atoms with van der Waals surface area (Å²) in [6.45, 7) is 0. The minimum atomic E-state index is -0.616. The second kappa shape index (κ2) is 5.82. The van der Waals surface area contributed by atoms with Gasteiger partial charge >= 0.3 is 0 Å². The second-order valence-corrected chi connectivity index (χ2v) is 5.32. The van der Waals surface area contributed by atoms with Crippen LogP contribution in [-0.4, -0.2) is 16.8 Å². The number of primary amides is 1. The van der Waals surface area contributed by atoms with Gasteiger partial charge in [0, 0.05) is 0 Å². The average Bonchev–Trinajstić information content (AvgIpc) is 3.18. The van der Waals surface area contributed by atoms with Gasteiger partial charge < -0.3 is 15.5 Å². The van der Waals surface area contributed by atoms with Crippen molar-refractivity contribution < 1.29 is 14.0 Å². The van der Waals surface area contributed by atoms with Crippen molar-refractivity contribution in [2.45, 2.75) is 0 Å². The zero-order chi connectivity index (χ0) is 15.5. The maximum atomic E-state index is 12.4. The van der Waals surface area contributed by atoms with Crippen LogP contribution in [0.15, 0.2) is 52.6 Å². The number of amides is 2. The number of hydrogen-bond acceptors (Lipinski definition) is 5. The van der Waals surface area contributed by atoms with Gasteiger partial charge in [0.05, 0.1) is 16.1 Å². The minimum Gasteiger partial charge on any atom is -0.442 e. The molecule has 7 heteroatoms. The molecule has 110 valence electrons. The van der Waals surface area contributed by atoms with Crippen molar-refractivity contribution in [2.75, 3.05) is 5.32 Å². The van der Waals surface area contributed by atoms with E-state index >= 15 is 0 Å². The summed E-state index contributed by atoms with van der Waals surface area (Å²) in [6.07, 6.45) is 1.21. The zero-order valence-corrected chi connectivity index (χ0v) is 12.1. The third-order valence-electron chi connectivity index (χ3n) is 2.97. The van der Waals surface area contributed by atoms with Crippen LogP contribution in [0.3, 0.4) is 0 Å². The lowest BCUT2D eigenvalue weighted by Crippen LogP contribution is -2.18. The number of benzene rings is 1. The number of nitrogens with two attached hydrogens (primary N) is 1. The van der Waals surface area contributed by atoms with Crippen LogP contribution in [0.2, 0.25) is 0 Å². The van der Waals surface area contributed by atoms with Crippen molar-refractivity contribution in [2.24, 2.45) is 5.73 Å². The fraction of sp³-hybridized carbons (Fsp3) is 0. The number of rotatable bonds is 4. The smallest absolute Gasteiger partial charge is 0.278 e. The third-order valence-corrected chi connectivity index (χ3v) is 3.84. The van der Waals surface area contributed by atoms with E-state index in [4.69, 9.17) is 10.2 Å². The molecule has 2 aromatic heterocycles. The van der Waals surface area contributed by atoms with Crippen LogP contribution in [-0.2, 0) is 0 Å². The Labute approximate surface area is 129 Å². The Morgan fingerprint density at radius 2 is 2.00 bits per heavy atom. The first-order valence-electron chi connectivity index (χ1n) is 6.34. The molecule has 3 N–H and O–H groups in total. The summed E-state index contributed by atoms with van der Waals surface area (Å²) < 4.78 is 5.29. The van der Waals surface area contributed by atoms with Crippen LogP contribution in [0.5, 0.6) is 0 Å².